The summed E-state index contributed by atoms with van der Waals surface area (Å²) in [5.41, 5.74) is 1.51. The lowest BCUT2D eigenvalue weighted by molar-refractivity contribution is -0.109. The molecule has 1 unspecified atom stereocenters. The van der Waals surface area contributed by atoms with Crippen molar-refractivity contribution in [2.75, 3.05) is 0 Å². The molecule has 2 aromatic rings. The summed E-state index contributed by atoms with van der Waals surface area (Å²) in [6.07, 6.45) is 0.411. The zero-order chi connectivity index (χ0) is 15.5. The predicted octanol–water partition coefficient (Wildman–Crippen LogP) is 2.82. The van der Waals surface area contributed by atoms with Crippen molar-refractivity contribution in [3.05, 3.63) is 63.2 Å². The Hall–Kier alpha value is -1.41. The predicted molar refractivity (Wildman–Crippen MR) is 89.5 cm³/mol. The van der Waals surface area contributed by atoms with Crippen LogP contribution in [-0.2, 0) is 14.6 Å². The smallest absolute Gasteiger partial charge is 0.208 e. The van der Waals surface area contributed by atoms with Gasteiger partial charge in [0.1, 0.15) is 0 Å². The molecule has 1 amide bonds. The maximum Gasteiger partial charge on any atom is 0.208 e. The van der Waals surface area contributed by atoms with Crippen LogP contribution in [0.5, 0.6) is 0 Å². The summed E-state index contributed by atoms with van der Waals surface area (Å²) >= 11 is 2.14. The highest BCUT2D eigenvalue weighted by molar-refractivity contribution is 14.1. The lowest BCUT2D eigenvalue weighted by atomic mass is 10.2. The van der Waals surface area contributed by atoms with Crippen molar-refractivity contribution in [3.63, 3.8) is 0 Å². The average Bonchev–Trinajstić information content (AvgIpc) is 2.46. The lowest BCUT2D eigenvalue weighted by Gasteiger charge is -2.17. The van der Waals surface area contributed by atoms with Gasteiger partial charge in [0, 0.05) is 3.57 Å². The molecule has 4 nitrogen and oxygen atoms in total. The number of rotatable bonds is 5. The van der Waals surface area contributed by atoms with Crippen LogP contribution in [0.25, 0.3) is 0 Å². The van der Waals surface area contributed by atoms with E-state index in [1.165, 1.54) is 0 Å². The molecule has 0 aliphatic rings. The van der Waals surface area contributed by atoms with Crippen LogP contribution >= 0.6 is 22.6 Å². The van der Waals surface area contributed by atoms with Crippen LogP contribution in [0.15, 0.2) is 53.4 Å². The topological polar surface area (TPSA) is 63.2 Å². The first kappa shape index (κ1) is 16.0. The van der Waals surface area contributed by atoms with Crippen molar-refractivity contribution in [1.29, 1.82) is 0 Å². The van der Waals surface area contributed by atoms with E-state index in [1.807, 2.05) is 6.92 Å². The first-order valence-corrected chi connectivity index (χ1v) is 8.83. The summed E-state index contributed by atoms with van der Waals surface area (Å²) in [7, 11) is -3.69. The van der Waals surface area contributed by atoms with Crippen LogP contribution in [0.4, 0.5) is 0 Å². The molecule has 1 N–H and O–H groups in total. The van der Waals surface area contributed by atoms with Gasteiger partial charge in [-0.2, -0.15) is 0 Å². The molecule has 21 heavy (non-hydrogen) atoms. The van der Waals surface area contributed by atoms with E-state index in [2.05, 4.69) is 27.9 Å². The van der Waals surface area contributed by atoms with Gasteiger partial charge in [0.2, 0.25) is 16.2 Å². The highest BCUT2D eigenvalue weighted by Gasteiger charge is 2.28. The molecule has 0 saturated heterocycles. The van der Waals surface area contributed by atoms with E-state index < -0.39 is 15.2 Å². The number of aryl methyl sites for hydroxylation is 1. The van der Waals surface area contributed by atoms with Gasteiger partial charge in [-0.1, -0.05) is 29.8 Å². The van der Waals surface area contributed by atoms with Crippen molar-refractivity contribution >= 4 is 38.8 Å². The van der Waals surface area contributed by atoms with E-state index in [1.54, 1.807) is 48.5 Å². The summed E-state index contributed by atoms with van der Waals surface area (Å²) in [5, 5.41) is 1.31. The largest absolute Gasteiger partial charge is 0.338 e. The molecule has 0 bridgehead atoms. The second kappa shape index (κ2) is 6.57. The molecule has 0 fully saturated rings. The lowest BCUT2D eigenvalue weighted by Crippen LogP contribution is -2.27. The minimum absolute atomic E-state index is 0.186. The van der Waals surface area contributed by atoms with Crippen LogP contribution in [0.2, 0.25) is 0 Å². The molecule has 0 saturated carbocycles. The SMILES string of the molecule is Cc1ccc(S(=O)(=O)C(NC=O)c2ccc(I)cc2)cc1. The van der Waals surface area contributed by atoms with Crippen molar-refractivity contribution < 1.29 is 13.2 Å². The molecule has 0 aliphatic carbocycles. The maximum absolute atomic E-state index is 12.7. The monoisotopic (exact) mass is 415 g/mol. The van der Waals surface area contributed by atoms with Gasteiger partial charge < -0.3 is 5.32 Å². The minimum Gasteiger partial charge on any atom is -0.338 e. The number of carbonyl (C=O) groups excluding carboxylic acids is 1. The molecule has 1 atom stereocenters. The highest BCUT2D eigenvalue weighted by Crippen LogP contribution is 2.27. The highest BCUT2D eigenvalue weighted by atomic mass is 127. The van der Waals surface area contributed by atoms with Crippen molar-refractivity contribution in [2.24, 2.45) is 0 Å². The van der Waals surface area contributed by atoms with Gasteiger partial charge in [0.25, 0.3) is 0 Å². The summed E-state index contributed by atoms with van der Waals surface area (Å²) in [6.45, 7) is 1.89. The number of hydrogen-bond acceptors (Lipinski definition) is 3. The van der Waals surface area contributed by atoms with E-state index in [0.29, 0.717) is 12.0 Å². The Morgan fingerprint density at radius 2 is 1.62 bits per heavy atom. The van der Waals surface area contributed by atoms with Crippen LogP contribution < -0.4 is 5.32 Å². The summed E-state index contributed by atoms with van der Waals surface area (Å²) in [6, 6.07) is 13.6. The Kier molecular flexibility index (Phi) is 5.00. The second-order valence-electron chi connectivity index (χ2n) is 4.57. The number of hydrogen-bond donors (Lipinski definition) is 1. The minimum atomic E-state index is -3.69. The Bertz CT molecular complexity index is 725. The van der Waals surface area contributed by atoms with Gasteiger partial charge >= 0.3 is 0 Å². The standard InChI is InChI=1S/C15H14INO3S/c1-11-2-8-14(9-3-11)21(19,20)15(17-10-18)12-4-6-13(16)7-5-12/h2-10,15H,1H3,(H,17,18). The molecule has 0 spiro atoms. The fraction of sp³-hybridized carbons (Fsp3) is 0.133. The number of halogens is 1. The summed E-state index contributed by atoms with van der Waals surface area (Å²) < 4.78 is 26.4. The van der Waals surface area contributed by atoms with Crippen molar-refractivity contribution in [2.45, 2.75) is 17.2 Å². The number of carbonyl (C=O) groups is 1. The zero-order valence-corrected chi connectivity index (χ0v) is 14.3. The Morgan fingerprint density at radius 3 is 2.14 bits per heavy atom. The van der Waals surface area contributed by atoms with Crippen LogP contribution in [-0.4, -0.2) is 14.8 Å². The molecule has 0 heterocycles. The molecule has 0 aliphatic heterocycles. The van der Waals surface area contributed by atoms with Gasteiger partial charge in [-0.25, -0.2) is 8.42 Å². The molecule has 110 valence electrons. The quantitative estimate of drug-likeness (QED) is 0.604. The van der Waals surface area contributed by atoms with E-state index in [4.69, 9.17) is 0 Å². The third kappa shape index (κ3) is 3.62. The van der Waals surface area contributed by atoms with E-state index in [9.17, 15) is 13.2 Å². The third-order valence-corrected chi connectivity index (χ3v) is 5.73. The number of benzene rings is 2. The Morgan fingerprint density at radius 1 is 1.05 bits per heavy atom. The molecular formula is C15H14INO3S. The number of sulfone groups is 1. The van der Waals surface area contributed by atoms with Gasteiger partial charge in [-0.3, -0.25) is 4.79 Å². The van der Waals surface area contributed by atoms with Crippen LogP contribution in [0.1, 0.15) is 16.5 Å². The summed E-state index contributed by atoms with van der Waals surface area (Å²) in [5.74, 6) is 0. The molecular weight excluding hydrogens is 401 g/mol. The normalized spacial score (nSPS) is 12.7. The molecule has 0 radical (unpaired) electrons. The zero-order valence-electron chi connectivity index (χ0n) is 11.3. The molecule has 6 heteroatoms. The molecule has 2 rings (SSSR count). The van der Waals surface area contributed by atoms with Gasteiger partial charge in [-0.05, 0) is 59.3 Å². The maximum atomic E-state index is 12.7. The van der Waals surface area contributed by atoms with E-state index in [0.717, 1.165) is 9.13 Å². The number of amides is 1. The van der Waals surface area contributed by atoms with E-state index >= 15 is 0 Å². The summed E-state index contributed by atoms with van der Waals surface area (Å²) in [4.78, 5) is 11.0. The van der Waals surface area contributed by atoms with Gasteiger partial charge in [0.15, 0.2) is 5.37 Å². The second-order valence-corrected chi connectivity index (χ2v) is 7.85. The van der Waals surface area contributed by atoms with Gasteiger partial charge in [0.05, 0.1) is 4.90 Å². The third-order valence-electron chi connectivity index (χ3n) is 3.05. The number of nitrogens with one attached hydrogen (secondary N) is 1. The fourth-order valence-corrected chi connectivity index (χ4v) is 3.83. The Labute approximate surface area is 137 Å². The first-order chi connectivity index (χ1) is 9.95. The fourth-order valence-electron chi connectivity index (χ4n) is 1.93. The van der Waals surface area contributed by atoms with Crippen molar-refractivity contribution in [1.82, 2.24) is 5.32 Å². The van der Waals surface area contributed by atoms with E-state index in [-0.39, 0.29) is 4.90 Å². The molecule has 2 aromatic carbocycles. The van der Waals surface area contributed by atoms with Crippen LogP contribution in [0, 0.1) is 10.5 Å². The first-order valence-electron chi connectivity index (χ1n) is 6.21. The Balaban J connectivity index is 2.47. The van der Waals surface area contributed by atoms with Crippen molar-refractivity contribution in [3.8, 4) is 0 Å². The van der Waals surface area contributed by atoms with Crippen LogP contribution in [0.3, 0.4) is 0 Å². The average molecular weight is 415 g/mol. The molecule has 0 aromatic heterocycles. The van der Waals surface area contributed by atoms with Gasteiger partial charge in [-0.15, -0.1) is 0 Å².